The molecule has 1 atom stereocenters. The molecule has 0 spiro atoms. The number of oxime groups is 1. The number of aryl methyl sites for hydroxylation is 1. The Morgan fingerprint density at radius 1 is 1.61 bits per heavy atom. The Morgan fingerprint density at radius 2 is 2.44 bits per heavy atom. The van der Waals surface area contributed by atoms with E-state index in [0.29, 0.717) is 18.1 Å². The molecule has 0 bridgehead atoms. The molecule has 1 amide bonds. The van der Waals surface area contributed by atoms with E-state index in [0.717, 1.165) is 17.3 Å². The molecule has 0 saturated carbocycles. The van der Waals surface area contributed by atoms with Crippen LogP contribution in [0.2, 0.25) is 0 Å². The molecule has 7 nitrogen and oxygen atoms in total. The zero-order valence-corrected chi connectivity index (χ0v) is 11.1. The summed E-state index contributed by atoms with van der Waals surface area (Å²) in [7, 11) is 0. The van der Waals surface area contributed by atoms with Gasteiger partial charge in [-0.15, -0.1) is 5.10 Å². The smallest absolute Gasteiger partial charge is 0.264 e. The molecule has 0 radical (unpaired) electrons. The largest absolute Gasteiger partial charge is 0.382 e. The first-order valence-corrected chi connectivity index (χ1v) is 6.62. The highest BCUT2D eigenvalue weighted by atomic mass is 32.2. The first kappa shape index (κ1) is 12.9. The fourth-order valence-electron chi connectivity index (χ4n) is 1.45. The third-order valence-electron chi connectivity index (χ3n) is 2.32. The molecule has 0 saturated heterocycles. The predicted octanol–water partition coefficient (Wildman–Crippen LogP) is 0.486. The van der Waals surface area contributed by atoms with Crippen molar-refractivity contribution in [1.82, 2.24) is 20.5 Å². The number of thioether (sulfide) groups is 1. The summed E-state index contributed by atoms with van der Waals surface area (Å²) in [5, 5.41) is 14.0. The van der Waals surface area contributed by atoms with Crippen LogP contribution in [0.15, 0.2) is 10.3 Å². The van der Waals surface area contributed by atoms with E-state index in [2.05, 4.69) is 25.7 Å². The summed E-state index contributed by atoms with van der Waals surface area (Å²) in [5.74, 6) is 1.38. The average Bonchev–Trinajstić information content (AvgIpc) is 2.93. The van der Waals surface area contributed by atoms with Gasteiger partial charge in [-0.05, 0) is 13.8 Å². The number of carbonyl (C=O) groups is 1. The predicted molar refractivity (Wildman–Crippen MR) is 67.5 cm³/mol. The van der Waals surface area contributed by atoms with Gasteiger partial charge in [0.15, 0.2) is 0 Å². The summed E-state index contributed by atoms with van der Waals surface area (Å²) < 4.78 is 0. The van der Waals surface area contributed by atoms with Gasteiger partial charge in [-0.1, -0.05) is 16.9 Å². The molecule has 1 aliphatic heterocycles. The van der Waals surface area contributed by atoms with Crippen LogP contribution in [0.5, 0.6) is 0 Å². The van der Waals surface area contributed by atoms with Gasteiger partial charge in [0.05, 0.1) is 5.71 Å². The fourth-order valence-corrected chi connectivity index (χ4v) is 2.15. The van der Waals surface area contributed by atoms with Gasteiger partial charge >= 0.3 is 0 Å². The normalized spacial score (nSPS) is 18.3. The van der Waals surface area contributed by atoms with Crippen LogP contribution in [-0.4, -0.2) is 45.2 Å². The molecule has 2 N–H and O–H groups in total. The van der Waals surface area contributed by atoms with Crippen molar-refractivity contribution >= 4 is 23.4 Å². The third-order valence-corrected chi connectivity index (χ3v) is 3.17. The second-order valence-corrected chi connectivity index (χ2v) is 5.03. The molecule has 98 valence electrons. The highest BCUT2D eigenvalue weighted by Gasteiger charge is 2.25. The Hall–Kier alpha value is -1.57. The Balaban J connectivity index is 1.62. The molecule has 18 heavy (non-hydrogen) atoms. The average molecular weight is 269 g/mol. The topological polar surface area (TPSA) is 92.3 Å². The first-order chi connectivity index (χ1) is 8.65. The maximum absolute atomic E-state index is 11.7. The van der Waals surface area contributed by atoms with E-state index >= 15 is 0 Å². The van der Waals surface area contributed by atoms with Crippen molar-refractivity contribution in [3.05, 3.63) is 5.82 Å². The lowest BCUT2D eigenvalue weighted by atomic mass is 10.2. The number of nitrogens with one attached hydrogen (secondary N) is 2. The minimum atomic E-state index is -0.472. The molecular formula is C10H15N5O2S. The molecule has 1 aromatic heterocycles. The van der Waals surface area contributed by atoms with Crippen LogP contribution in [0.4, 0.5) is 0 Å². The summed E-state index contributed by atoms with van der Waals surface area (Å²) in [4.78, 5) is 20.8. The second-order valence-electron chi connectivity index (χ2n) is 3.97. The number of amides is 1. The Morgan fingerprint density at radius 3 is 3.06 bits per heavy atom. The lowest BCUT2D eigenvalue weighted by Gasteiger charge is -2.08. The molecule has 1 aliphatic rings. The van der Waals surface area contributed by atoms with Crippen LogP contribution < -0.4 is 5.32 Å². The maximum Gasteiger partial charge on any atom is 0.264 e. The lowest BCUT2D eigenvalue weighted by Crippen LogP contribution is -2.35. The van der Waals surface area contributed by atoms with Crippen LogP contribution in [0.25, 0.3) is 0 Å². The number of hydrogen-bond donors (Lipinski definition) is 2. The maximum atomic E-state index is 11.7. The van der Waals surface area contributed by atoms with Gasteiger partial charge in [0, 0.05) is 18.7 Å². The van der Waals surface area contributed by atoms with Crippen molar-refractivity contribution < 1.29 is 9.63 Å². The van der Waals surface area contributed by atoms with E-state index in [1.165, 1.54) is 11.8 Å². The van der Waals surface area contributed by atoms with Crippen molar-refractivity contribution in [2.24, 2.45) is 5.16 Å². The van der Waals surface area contributed by atoms with E-state index in [1.807, 2.05) is 13.8 Å². The van der Waals surface area contributed by atoms with Gasteiger partial charge < -0.3 is 10.2 Å². The summed E-state index contributed by atoms with van der Waals surface area (Å²) in [6, 6.07) is 0. The molecular weight excluding hydrogens is 254 g/mol. The highest BCUT2D eigenvalue weighted by molar-refractivity contribution is 7.99. The van der Waals surface area contributed by atoms with Crippen molar-refractivity contribution in [1.29, 1.82) is 0 Å². The van der Waals surface area contributed by atoms with Crippen molar-refractivity contribution in [2.75, 3.05) is 12.3 Å². The lowest BCUT2D eigenvalue weighted by molar-refractivity contribution is -0.131. The van der Waals surface area contributed by atoms with E-state index < -0.39 is 6.10 Å². The molecule has 0 aromatic carbocycles. The van der Waals surface area contributed by atoms with Gasteiger partial charge in [0.25, 0.3) is 5.91 Å². The minimum absolute atomic E-state index is 0.123. The first-order valence-electron chi connectivity index (χ1n) is 5.64. The zero-order chi connectivity index (χ0) is 13.0. The summed E-state index contributed by atoms with van der Waals surface area (Å²) in [6.07, 6.45) is 0.0970. The second kappa shape index (κ2) is 5.85. The van der Waals surface area contributed by atoms with Gasteiger partial charge in [-0.25, -0.2) is 4.98 Å². The van der Waals surface area contributed by atoms with Crippen LogP contribution >= 0.6 is 11.8 Å². The monoisotopic (exact) mass is 269 g/mol. The molecule has 1 aromatic rings. The van der Waals surface area contributed by atoms with Crippen LogP contribution in [0.3, 0.4) is 0 Å². The van der Waals surface area contributed by atoms with Gasteiger partial charge in [-0.2, -0.15) is 0 Å². The molecule has 2 rings (SSSR count). The number of carbonyl (C=O) groups excluding carboxylic acids is 1. The zero-order valence-electron chi connectivity index (χ0n) is 10.3. The highest BCUT2D eigenvalue weighted by Crippen LogP contribution is 2.12. The molecule has 0 aliphatic carbocycles. The number of aromatic nitrogens is 3. The van der Waals surface area contributed by atoms with Gasteiger partial charge in [-0.3, -0.25) is 9.89 Å². The Kier molecular flexibility index (Phi) is 4.19. The van der Waals surface area contributed by atoms with Gasteiger partial charge in [0.2, 0.25) is 11.3 Å². The number of aromatic amines is 1. The molecule has 0 unspecified atom stereocenters. The van der Waals surface area contributed by atoms with Gasteiger partial charge in [0.1, 0.15) is 5.82 Å². The minimum Gasteiger partial charge on any atom is -0.382 e. The van der Waals surface area contributed by atoms with Crippen molar-refractivity contribution in [3.63, 3.8) is 0 Å². The summed E-state index contributed by atoms with van der Waals surface area (Å²) >= 11 is 1.49. The summed E-state index contributed by atoms with van der Waals surface area (Å²) in [5.41, 5.74) is 0.848. The van der Waals surface area contributed by atoms with E-state index in [4.69, 9.17) is 4.84 Å². The fraction of sp³-hybridized carbons (Fsp3) is 0.600. The van der Waals surface area contributed by atoms with Crippen LogP contribution in [-0.2, 0) is 9.63 Å². The van der Waals surface area contributed by atoms with Crippen molar-refractivity contribution in [2.45, 2.75) is 31.5 Å². The quantitative estimate of drug-likeness (QED) is 0.599. The Bertz CT molecular complexity index is 459. The Labute approximate surface area is 109 Å². The molecule has 2 heterocycles. The van der Waals surface area contributed by atoms with Crippen LogP contribution in [0.1, 0.15) is 19.2 Å². The van der Waals surface area contributed by atoms with E-state index in [1.54, 1.807) is 0 Å². The number of nitrogens with zero attached hydrogens (tertiary/aromatic N) is 3. The summed E-state index contributed by atoms with van der Waals surface area (Å²) in [6.45, 7) is 4.24. The number of hydrogen-bond acceptors (Lipinski definition) is 6. The third kappa shape index (κ3) is 3.46. The SMILES string of the molecule is CC1=NO[C@@H](C(=O)NCCSc2n[nH]c(C)n2)C1. The van der Waals surface area contributed by atoms with E-state index in [-0.39, 0.29) is 5.91 Å². The van der Waals surface area contributed by atoms with Crippen LogP contribution in [0, 0.1) is 6.92 Å². The number of rotatable bonds is 5. The molecule has 0 fully saturated rings. The van der Waals surface area contributed by atoms with Crippen molar-refractivity contribution in [3.8, 4) is 0 Å². The standard InChI is InChI=1S/C10H15N5O2S/c1-6-5-8(17-15-6)9(16)11-3-4-18-10-12-7(2)13-14-10/h8H,3-5H2,1-2H3,(H,11,16)(H,12,13,14)/t8-/m1/s1. The number of H-pyrrole nitrogens is 1. The van der Waals surface area contributed by atoms with E-state index in [9.17, 15) is 4.79 Å². The molecule has 8 heteroatoms.